The molecule has 3 heterocycles. The molecule has 10 aromatic carbocycles. The topological polar surface area (TPSA) is 48.5 Å². The summed E-state index contributed by atoms with van der Waals surface area (Å²) >= 11 is 0. The van der Waals surface area contributed by atoms with E-state index < -0.39 is 64.3 Å². The molecule has 5 nitrogen and oxygen atoms in total. The average Bonchev–Trinajstić information content (AvgIpc) is 1.57. The van der Waals surface area contributed by atoms with Crippen molar-refractivity contribution in [3.8, 4) is 78.9 Å². The quantitative estimate of drug-likeness (QED) is 0.142. The van der Waals surface area contributed by atoms with E-state index in [0.29, 0.717) is 68.1 Å². The summed E-state index contributed by atoms with van der Waals surface area (Å²) in [7, 11) is 0. The Bertz CT molecular complexity index is 4780. The summed E-state index contributed by atoms with van der Waals surface area (Å²) in [6.07, 6.45) is -25.6. The average molecular weight is 1210 g/mol. The first kappa shape index (κ1) is 56.9. The molecule has 0 aliphatic carbocycles. The van der Waals surface area contributed by atoms with E-state index in [0.717, 1.165) is 12.1 Å². The van der Waals surface area contributed by atoms with Crippen molar-refractivity contribution in [2.45, 2.75) is 30.9 Å². The molecule has 0 bridgehead atoms. The molecule has 0 saturated heterocycles. The van der Waals surface area contributed by atoms with Gasteiger partial charge in [0, 0.05) is 49.4 Å². The fourth-order valence-corrected chi connectivity index (χ4v) is 11.2. The summed E-state index contributed by atoms with van der Waals surface area (Å²) in [5.74, 6) is 0.639. The Labute approximate surface area is 487 Å². The third kappa shape index (κ3) is 10.4. The van der Waals surface area contributed by atoms with E-state index >= 15 is 13.2 Å². The van der Waals surface area contributed by atoms with Gasteiger partial charge in [0.05, 0.1) is 61.3 Å². The molecule has 438 valence electrons. The highest BCUT2D eigenvalue weighted by Gasteiger charge is 2.39. The first-order valence-corrected chi connectivity index (χ1v) is 26.7. The van der Waals surface area contributed by atoms with E-state index in [2.05, 4.69) is 0 Å². The molecule has 0 saturated carbocycles. The summed E-state index contributed by atoms with van der Waals surface area (Å²) in [5, 5.41) is 1.43. The molecular formula is C68H36F15N5. The molecule has 0 spiro atoms. The van der Waals surface area contributed by atoms with Crippen LogP contribution < -0.4 is 0 Å². The zero-order valence-corrected chi connectivity index (χ0v) is 44.7. The maximum absolute atomic E-state index is 15.3. The van der Waals surface area contributed by atoms with Gasteiger partial charge in [0.25, 0.3) is 0 Å². The van der Waals surface area contributed by atoms with Gasteiger partial charge in [-0.15, -0.1) is 0 Å². The molecule has 0 unspecified atom stereocenters. The van der Waals surface area contributed by atoms with Crippen LogP contribution in [0, 0.1) is 0 Å². The van der Waals surface area contributed by atoms with Gasteiger partial charge in [-0.25, -0.2) is 15.0 Å². The lowest BCUT2D eigenvalue weighted by Crippen LogP contribution is -2.11. The lowest BCUT2D eigenvalue weighted by atomic mass is 9.96. The highest BCUT2D eigenvalue weighted by atomic mass is 19.4. The Morgan fingerprint density at radius 2 is 0.591 bits per heavy atom. The molecule has 13 rings (SSSR count). The monoisotopic (exact) mass is 1210 g/mol. The normalized spacial score (nSPS) is 12.7. The van der Waals surface area contributed by atoms with Crippen molar-refractivity contribution >= 4 is 43.6 Å². The van der Waals surface area contributed by atoms with Crippen LogP contribution in [-0.2, 0) is 30.9 Å². The third-order valence-corrected chi connectivity index (χ3v) is 15.2. The number of halogens is 15. The Kier molecular flexibility index (Phi) is 13.4. The standard InChI is InChI=1S/C68H36F15N5/c69-64(70,71)44-22-23-51(60(36-44)88-56-18-10-8-16-50(56)53-32-40(20-25-59(53)88)43-29-47(67(78,79)80)35-48(30-43)68(81,82)83)54-33-41(63-85-61(37-11-3-1-4-12-37)84-62(86-63)38-13-5-2-6-14-38)21-26-58(54)87-55-17-9-7-15-49(55)52-31-39(19-24-57(52)87)42-27-45(65(72,73)74)34-46(28-42)66(75,76)77/h1-36H. The first-order chi connectivity index (χ1) is 41.8. The van der Waals surface area contributed by atoms with E-state index in [-0.39, 0.29) is 85.2 Å². The molecule has 0 aliphatic rings. The number of hydrogen-bond donors (Lipinski definition) is 0. The minimum absolute atomic E-state index is 0.00485. The maximum Gasteiger partial charge on any atom is 0.416 e. The molecule has 0 radical (unpaired) electrons. The van der Waals surface area contributed by atoms with Gasteiger partial charge in [-0.05, 0) is 125 Å². The van der Waals surface area contributed by atoms with Gasteiger partial charge in [0.2, 0.25) is 0 Å². The van der Waals surface area contributed by atoms with Crippen LogP contribution in [0.3, 0.4) is 0 Å². The van der Waals surface area contributed by atoms with Crippen molar-refractivity contribution in [1.29, 1.82) is 0 Å². The zero-order chi connectivity index (χ0) is 61.8. The molecule has 0 N–H and O–H groups in total. The van der Waals surface area contributed by atoms with E-state index in [4.69, 9.17) is 15.0 Å². The Hall–Kier alpha value is -10.2. The Balaban J connectivity index is 1.10. The van der Waals surface area contributed by atoms with Crippen LogP contribution in [0.15, 0.2) is 218 Å². The smallest absolute Gasteiger partial charge is 0.309 e. The van der Waals surface area contributed by atoms with Crippen LogP contribution in [0.1, 0.15) is 27.8 Å². The molecule has 0 fully saturated rings. The number of para-hydroxylation sites is 2. The van der Waals surface area contributed by atoms with Gasteiger partial charge in [0.15, 0.2) is 17.5 Å². The fraction of sp³-hybridized carbons (Fsp3) is 0.0735. The van der Waals surface area contributed by atoms with E-state index in [1.54, 1.807) is 132 Å². The highest BCUT2D eigenvalue weighted by Crippen LogP contribution is 2.47. The molecule has 0 aliphatic heterocycles. The number of fused-ring (bicyclic) bond motifs is 6. The minimum Gasteiger partial charge on any atom is -0.309 e. The molecule has 88 heavy (non-hydrogen) atoms. The van der Waals surface area contributed by atoms with Gasteiger partial charge < -0.3 is 9.13 Å². The largest absolute Gasteiger partial charge is 0.416 e. The van der Waals surface area contributed by atoms with Crippen LogP contribution in [-0.4, -0.2) is 24.1 Å². The predicted molar refractivity (Wildman–Crippen MR) is 306 cm³/mol. The second-order valence-corrected chi connectivity index (χ2v) is 20.8. The van der Waals surface area contributed by atoms with Crippen LogP contribution in [0.2, 0.25) is 0 Å². The van der Waals surface area contributed by atoms with Crippen LogP contribution in [0.25, 0.3) is 123 Å². The van der Waals surface area contributed by atoms with Crippen molar-refractivity contribution in [1.82, 2.24) is 24.1 Å². The fourth-order valence-electron chi connectivity index (χ4n) is 11.2. The minimum atomic E-state index is -5.18. The summed E-state index contributed by atoms with van der Waals surface area (Å²) < 4.78 is 220. The van der Waals surface area contributed by atoms with E-state index in [1.165, 1.54) is 47.0 Å². The van der Waals surface area contributed by atoms with Crippen LogP contribution in [0.4, 0.5) is 65.9 Å². The lowest BCUT2D eigenvalue weighted by Gasteiger charge is -2.21. The van der Waals surface area contributed by atoms with Crippen molar-refractivity contribution < 1.29 is 65.9 Å². The molecule has 0 atom stereocenters. The van der Waals surface area contributed by atoms with Crippen LogP contribution in [0.5, 0.6) is 0 Å². The predicted octanol–water partition coefficient (Wildman–Crippen LogP) is 21.2. The summed E-state index contributed by atoms with van der Waals surface area (Å²) in [5.41, 5.74) is -4.86. The van der Waals surface area contributed by atoms with Crippen LogP contribution >= 0.6 is 0 Å². The van der Waals surface area contributed by atoms with Crippen molar-refractivity contribution in [3.05, 3.63) is 246 Å². The molecule has 0 amide bonds. The summed E-state index contributed by atoms with van der Waals surface area (Å²) in [6, 6.07) is 50.0. The van der Waals surface area contributed by atoms with Crippen molar-refractivity contribution in [2.75, 3.05) is 0 Å². The lowest BCUT2D eigenvalue weighted by molar-refractivity contribution is -0.144. The van der Waals surface area contributed by atoms with Gasteiger partial charge in [-0.3, -0.25) is 0 Å². The number of hydrogen-bond acceptors (Lipinski definition) is 3. The van der Waals surface area contributed by atoms with Gasteiger partial charge in [0.1, 0.15) is 0 Å². The first-order valence-electron chi connectivity index (χ1n) is 26.7. The summed E-state index contributed by atoms with van der Waals surface area (Å²) in [4.78, 5) is 14.7. The van der Waals surface area contributed by atoms with E-state index in [1.807, 2.05) is 0 Å². The van der Waals surface area contributed by atoms with Gasteiger partial charge >= 0.3 is 30.9 Å². The number of benzene rings is 10. The Morgan fingerprint density at radius 3 is 1.01 bits per heavy atom. The Morgan fingerprint density at radius 1 is 0.227 bits per heavy atom. The third-order valence-electron chi connectivity index (χ3n) is 15.2. The van der Waals surface area contributed by atoms with Crippen molar-refractivity contribution in [3.63, 3.8) is 0 Å². The van der Waals surface area contributed by atoms with Crippen molar-refractivity contribution in [2.24, 2.45) is 0 Å². The van der Waals surface area contributed by atoms with Gasteiger partial charge in [-0.1, -0.05) is 115 Å². The number of alkyl halides is 15. The van der Waals surface area contributed by atoms with Gasteiger partial charge in [-0.2, -0.15) is 65.9 Å². The maximum atomic E-state index is 15.3. The number of aromatic nitrogens is 5. The molecule has 3 aromatic heterocycles. The second-order valence-electron chi connectivity index (χ2n) is 20.8. The highest BCUT2D eigenvalue weighted by molar-refractivity contribution is 6.13. The molecular weight excluding hydrogens is 1170 g/mol. The number of nitrogens with zero attached hydrogens (tertiary/aromatic N) is 5. The molecule has 20 heteroatoms. The SMILES string of the molecule is FC(F)(F)c1cc(-c2ccc3c(c2)c2ccccc2n3-c2ccc(-c3nc(-c4ccccc4)nc(-c4ccccc4)n3)cc2-c2ccc(C(F)(F)F)cc2-n2c3ccccc3c3cc(-c4cc(C(F)(F)F)cc(C(F)(F)F)c4)ccc32)cc(C(F)(F)F)c1. The van der Waals surface area contributed by atoms with E-state index in [9.17, 15) is 52.7 Å². The summed E-state index contributed by atoms with van der Waals surface area (Å²) in [6.45, 7) is 0. The second kappa shape index (κ2) is 20.7. The number of rotatable bonds is 8. The molecule has 13 aromatic rings. The zero-order valence-electron chi connectivity index (χ0n) is 44.7.